The number of nitrogens with one attached hydrogen (secondary N) is 1. The topological polar surface area (TPSA) is 87.7 Å². The minimum Gasteiger partial charge on any atom is -0.409 e. The van der Waals surface area contributed by atoms with Gasteiger partial charge in [0.15, 0.2) is 5.84 Å². The lowest BCUT2D eigenvalue weighted by atomic mass is 9.84. The molecule has 0 heterocycles. The Morgan fingerprint density at radius 3 is 2.47 bits per heavy atom. The summed E-state index contributed by atoms with van der Waals surface area (Å²) in [5.41, 5.74) is 4.91. The molecule has 84 valence electrons. The molecule has 0 saturated heterocycles. The summed E-state index contributed by atoms with van der Waals surface area (Å²) in [4.78, 5) is 12.0. The molecule has 15 heavy (non-hydrogen) atoms. The summed E-state index contributed by atoms with van der Waals surface area (Å²) in [6, 6.07) is 0.321. The van der Waals surface area contributed by atoms with E-state index in [2.05, 4.69) is 10.5 Å². The zero-order chi connectivity index (χ0) is 10.9. The van der Waals surface area contributed by atoms with Crippen LogP contribution in [0.15, 0.2) is 5.16 Å². The number of amidine groups is 1. The first-order valence-electron chi connectivity index (χ1n) is 5.48. The van der Waals surface area contributed by atoms with Crippen LogP contribution in [0.1, 0.15) is 38.5 Å². The normalized spacial score (nSPS) is 25.2. The smallest absolute Gasteiger partial charge is 0.234 e. The predicted molar refractivity (Wildman–Crippen MR) is 55.5 cm³/mol. The maximum atomic E-state index is 12.0. The quantitative estimate of drug-likeness (QED) is 0.276. The van der Waals surface area contributed by atoms with Gasteiger partial charge in [0, 0.05) is 6.04 Å². The van der Waals surface area contributed by atoms with Crippen molar-refractivity contribution < 1.29 is 10.0 Å². The Balaban J connectivity index is 2.13. The van der Waals surface area contributed by atoms with Crippen LogP contribution in [0.4, 0.5) is 0 Å². The monoisotopic (exact) mass is 211 g/mol. The van der Waals surface area contributed by atoms with E-state index in [4.69, 9.17) is 10.9 Å². The summed E-state index contributed by atoms with van der Waals surface area (Å²) in [5, 5.41) is 14.7. The lowest BCUT2D eigenvalue weighted by Crippen LogP contribution is -2.48. The Morgan fingerprint density at radius 2 is 2.00 bits per heavy atom. The van der Waals surface area contributed by atoms with E-state index in [1.165, 1.54) is 0 Å². The van der Waals surface area contributed by atoms with Crippen LogP contribution < -0.4 is 11.1 Å². The number of carbonyl (C=O) groups excluding carboxylic acids is 1. The van der Waals surface area contributed by atoms with Gasteiger partial charge in [0.05, 0.1) is 0 Å². The van der Waals surface area contributed by atoms with E-state index in [1.54, 1.807) is 0 Å². The minimum absolute atomic E-state index is 0.0576. The fourth-order valence-electron chi connectivity index (χ4n) is 2.22. The second kappa shape index (κ2) is 3.72. The van der Waals surface area contributed by atoms with Gasteiger partial charge in [0.2, 0.25) is 5.91 Å². The molecule has 2 rings (SSSR count). The zero-order valence-electron chi connectivity index (χ0n) is 8.70. The average molecular weight is 211 g/mol. The lowest BCUT2D eigenvalue weighted by Gasteiger charge is -2.25. The molecule has 0 radical (unpaired) electrons. The van der Waals surface area contributed by atoms with Crippen LogP contribution in [-0.4, -0.2) is 23.0 Å². The van der Waals surface area contributed by atoms with Crippen LogP contribution in [0.2, 0.25) is 0 Å². The van der Waals surface area contributed by atoms with Crippen LogP contribution in [0, 0.1) is 5.41 Å². The van der Waals surface area contributed by atoms with E-state index in [9.17, 15) is 4.79 Å². The Hall–Kier alpha value is -1.26. The maximum absolute atomic E-state index is 12.0. The van der Waals surface area contributed by atoms with E-state index < -0.39 is 5.41 Å². The highest BCUT2D eigenvalue weighted by Gasteiger charge is 2.46. The number of oxime groups is 1. The molecule has 0 aromatic heterocycles. The van der Waals surface area contributed by atoms with Crippen molar-refractivity contribution in [2.45, 2.75) is 44.6 Å². The van der Waals surface area contributed by atoms with Crippen molar-refractivity contribution in [3.05, 3.63) is 0 Å². The summed E-state index contributed by atoms with van der Waals surface area (Å²) in [6.45, 7) is 0. The van der Waals surface area contributed by atoms with Gasteiger partial charge in [-0.25, -0.2) is 0 Å². The molecule has 5 nitrogen and oxygen atoms in total. The SMILES string of the molecule is NC(=NO)C1(C(=O)NC2CC2)CCCC1. The molecule has 0 aromatic carbocycles. The highest BCUT2D eigenvalue weighted by atomic mass is 16.4. The number of amides is 1. The average Bonchev–Trinajstić information content (AvgIpc) is 2.91. The van der Waals surface area contributed by atoms with E-state index in [0.717, 1.165) is 25.7 Å². The minimum atomic E-state index is -0.739. The van der Waals surface area contributed by atoms with Gasteiger partial charge in [-0.2, -0.15) is 0 Å². The third-order valence-electron chi connectivity index (χ3n) is 3.40. The van der Waals surface area contributed by atoms with Crippen LogP contribution >= 0.6 is 0 Å². The molecule has 2 aliphatic rings. The van der Waals surface area contributed by atoms with Crippen molar-refractivity contribution in [3.63, 3.8) is 0 Å². The Morgan fingerprint density at radius 1 is 1.40 bits per heavy atom. The molecule has 4 N–H and O–H groups in total. The third kappa shape index (κ3) is 1.78. The number of carbonyl (C=O) groups is 1. The second-order valence-corrected chi connectivity index (χ2v) is 4.52. The molecule has 2 aliphatic carbocycles. The van der Waals surface area contributed by atoms with Gasteiger partial charge in [0.25, 0.3) is 0 Å². The first-order chi connectivity index (χ1) is 7.19. The molecular formula is C10H17N3O2. The van der Waals surface area contributed by atoms with Crippen LogP contribution in [0.5, 0.6) is 0 Å². The van der Waals surface area contributed by atoms with E-state index in [1.807, 2.05) is 0 Å². The van der Waals surface area contributed by atoms with Gasteiger partial charge in [-0.15, -0.1) is 0 Å². The number of nitrogens with two attached hydrogens (primary N) is 1. The lowest BCUT2D eigenvalue weighted by molar-refractivity contribution is -0.127. The number of hydrogen-bond acceptors (Lipinski definition) is 3. The fourth-order valence-corrected chi connectivity index (χ4v) is 2.22. The van der Waals surface area contributed by atoms with Gasteiger partial charge in [-0.3, -0.25) is 4.79 Å². The summed E-state index contributed by atoms with van der Waals surface area (Å²) in [7, 11) is 0. The Labute approximate surface area is 88.7 Å². The van der Waals surface area contributed by atoms with Gasteiger partial charge < -0.3 is 16.3 Å². The van der Waals surface area contributed by atoms with Crippen molar-refractivity contribution in [2.24, 2.45) is 16.3 Å². The van der Waals surface area contributed by atoms with Crippen LogP contribution in [0.25, 0.3) is 0 Å². The number of nitrogens with zero attached hydrogens (tertiary/aromatic N) is 1. The summed E-state index contributed by atoms with van der Waals surface area (Å²) >= 11 is 0. The Bertz CT molecular complexity index is 291. The zero-order valence-corrected chi connectivity index (χ0v) is 8.70. The van der Waals surface area contributed by atoms with Crippen molar-refractivity contribution in [1.82, 2.24) is 5.32 Å². The van der Waals surface area contributed by atoms with Gasteiger partial charge >= 0.3 is 0 Å². The van der Waals surface area contributed by atoms with E-state index >= 15 is 0 Å². The molecule has 5 heteroatoms. The molecule has 0 spiro atoms. The first-order valence-corrected chi connectivity index (χ1v) is 5.48. The molecule has 2 fully saturated rings. The molecule has 0 bridgehead atoms. The second-order valence-electron chi connectivity index (χ2n) is 4.52. The molecule has 0 atom stereocenters. The van der Waals surface area contributed by atoms with Crippen molar-refractivity contribution in [2.75, 3.05) is 0 Å². The third-order valence-corrected chi connectivity index (χ3v) is 3.40. The molecule has 0 aromatic rings. The first kappa shape index (κ1) is 10.3. The van der Waals surface area contributed by atoms with E-state index in [-0.39, 0.29) is 11.7 Å². The van der Waals surface area contributed by atoms with E-state index in [0.29, 0.717) is 18.9 Å². The van der Waals surface area contributed by atoms with Crippen LogP contribution in [0.3, 0.4) is 0 Å². The molecule has 0 unspecified atom stereocenters. The van der Waals surface area contributed by atoms with Crippen molar-refractivity contribution in [1.29, 1.82) is 0 Å². The standard InChI is InChI=1S/C10H17N3O2/c11-8(13-15)10(5-1-2-6-10)9(14)12-7-3-4-7/h7,15H,1-6H2,(H2,11,13)(H,12,14). The molecular weight excluding hydrogens is 194 g/mol. The largest absolute Gasteiger partial charge is 0.409 e. The fraction of sp³-hybridized carbons (Fsp3) is 0.800. The summed E-state index contributed by atoms with van der Waals surface area (Å²) in [6.07, 6.45) is 5.43. The van der Waals surface area contributed by atoms with Crippen LogP contribution in [-0.2, 0) is 4.79 Å². The molecule has 2 saturated carbocycles. The predicted octanol–water partition coefficient (Wildman–Crippen LogP) is 0.572. The highest BCUT2D eigenvalue weighted by molar-refractivity contribution is 6.07. The van der Waals surface area contributed by atoms with Gasteiger partial charge in [-0.1, -0.05) is 18.0 Å². The molecule has 1 amide bonds. The summed E-state index contributed by atoms with van der Waals surface area (Å²) < 4.78 is 0. The van der Waals surface area contributed by atoms with Gasteiger partial charge in [-0.05, 0) is 25.7 Å². The highest BCUT2D eigenvalue weighted by Crippen LogP contribution is 2.39. The van der Waals surface area contributed by atoms with Crippen molar-refractivity contribution >= 4 is 11.7 Å². The maximum Gasteiger partial charge on any atom is 0.234 e. The Kier molecular flexibility index (Phi) is 2.54. The number of hydrogen-bond donors (Lipinski definition) is 3. The van der Waals surface area contributed by atoms with Gasteiger partial charge in [0.1, 0.15) is 5.41 Å². The molecule has 0 aliphatic heterocycles. The number of rotatable bonds is 3. The van der Waals surface area contributed by atoms with Crippen molar-refractivity contribution in [3.8, 4) is 0 Å². The summed E-state index contributed by atoms with van der Waals surface area (Å²) in [5.74, 6) is 0.0101.